The number of carbonyl (C=O) groups is 1. The fraction of sp³-hybridized carbons (Fsp3) is 0.400. The summed E-state index contributed by atoms with van der Waals surface area (Å²) >= 11 is 0. The first-order valence-electron chi connectivity index (χ1n) is 11.4. The SMILES string of the molecule is CN1CCC(Cn2cc(C#Cc3cc(F)cc(C(=O)NC4CC4)c3)c3c(N)ncnc32)CC1. The van der Waals surface area contributed by atoms with Crippen LogP contribution in [0, 0.1) is 23.6 Å². The van der Waals surface area contributed by atoms with Crippen LogP contribution >= 0.6 is 0 Å². The van der Waals surface area contributed by atoms with Crippen molar-refractivity contribution in [3.05, 3.63) is 53.2 Å². The van der Waals surface area contributed by atoms with E-state index in [9.17, 15) is 9.18 Å². The molecule has 2 fully saturated rings. The molecule has 3 N–H and O–H groups in total. The lowest BCUT2D eigenvalue weighted by Gasteiger charge is -2.29. The Balaban J connectivity index is 1.45. The Bertz CT molecular complexity index is 1260. The number of rotatable bonds is 4. The van der Waals surface area contributed by atoms with Crippen LogP contribution in [0.5, 0.6) is 0 Å². The zero-order valence-electron chi connectivity index (χ0n) is 18.6. The minimum absolute atomic E-state index is 0.203. The van der Waals surface area contributed by atoms with Crippen LogP contribution in [0.3, 0.4) is 0 Å². The van der Waals surface area contributed by atoms with E-state index in [0.717, 1.165) is 51.0 Å². The summed E-state index contributed by atoms with van der Waals surface area (Å²) in [6.07, 6.45) is 7.63. The summed E-state index contributed by atoms with van der Waals surface area (Å²) in [6.45, 7) is 3.02. The molecule has 170 valence electrons. The Morgan fingerprint density at radius 2 is 1.97 bits per heavy atom. The van der Waals surface area contributed by atoms with E-state index in [2.05, 4.69) is 43.6 Å². The molecule has 0 unspecified atom stereocenters. The van der Waals surface area contributed by atoms with Gasteiger partial charge < -0.3 is 20.5 Å². The van der Waals surface area contributed by atoms with Gasteiger partial charge in [-0.25, -0.2) is 14.4 Å². The van der Waals surface area contributed by atoms with Crippen molar-refractivity contribution in [3.63, 3.8) is 0 Å². The van der Waals surface area contributed by atoms with Crippen LogP contribution in [0.25, 0.3) is 11.0 Å². The quantitative estimate of drug-likeness (QED) is 0.602. The molecule has 1 aliphatic carbocycles. The van der Waals surface area contributed by atoms with Gasteiger partial charge in [-0.15, -0.1) is 0 Å². The summed E-state index contributed by atoms with van der Waals surface area (Å²) in [5.41, 5.74) is 8.35. The molecule has 3 heterocycles. The van der Waals surface area contributed by atoms with E-state index in [0.29, 0.717) is 28.2 Å². The van der Waals surface area contributed by atoms with Crippen molar-refractivity contribution in [2.75, 3.05) is 25.9 Å². The molecule has 2 aromatic heterocycles. The minimum atomic E-state index is -0.490. The third-order valence-electron chi connectivity index (χ3n) is 6.39. The van der Waals surface area contributed by atoms with Crippen molar-refractivity contribution < 1.29 is 9.18 Å². The molecule has 0 atom stereocenters. The normalized spacial score (nSPS) is 17.0. The topological polar surface area (TPSA) is 89.1 Å². The molecule has 0 bridgehead atoms. The molecule has 1 saturated carbocycles. The second-order valence-electron chi connectivity index (χ2n) is 9.13. The molecule has 1 amide bonds. The Hall–Kier alpha value is -3.44. The van der Waals surface area contributed by atoms with Crippen LogP contribution < -0.4 is 11.1 Å². The molecule has 0 spiro atoms. The first-order valence-corrected chi connectivity index (χ1v) is 11.4. The Morgan fingerprint density at radius 3 is 2.73 bits per heavy atom. The fourth-order valence-electron chi connectivity index (χ4n) is 4.33. The standard InChI is InChI=1S/C25H27FN6O/c1-31-8-6-16(7-9-31)13-32-14-18(22-23(27)28-15-29-24(22)32)3-2-17-10-19(12-20(26)11-17)25(33)30-21-4-5-21/h10-12,14-16,21H,4-9,13H2,1H3,(H,30,33)(H2,27,28,29). The second kappa shape index (κ2) is 8.83. The van der Waals surface area contributed by atoms with Gasteiger partial charge >= 0.3 is 0 Å². The lowest BCUT2D eigenvalue weighted by Crippen LogP contribution is -2.31. The Kier molecular flexibility index (Phi) is 5.73. The number of aromatic nitrogens is 3. The van der Waals surface area contributed by atoms with Gasteiger partial charge in [-0.2, -0.15) is 0 Å². The van der Waals surface area contributed by atoms with Crippen molar-refractivity contribution in [2.45, 2.75) is 38.3 Å². The third-order valence-corrected chi connectivity index (χ3v) is 6.39. The van der Waals surface area contributed by atoms with Gasteiger partial charge in [-0.3, -0.25) is 4.79 Å². The summed E-state index contributed by atoms with van der Waals surface area (Å²) in [4.78, 5) is 23.3. The van der Waals surface area contributed by atoms with Crippen LogP contribution in [0.4, 0.5) is 10.2 Å². The van der Waals surface area contributed by atoms with E-state index < -0.39 is 5.82 Å². The monoisotopic (exact) mass is 446 g/mol. The summed E-state index contributed by atoms with van der Waals surface area (Å²) in [6, 6.07) is 4.39. The van der Waals surface area contributed by atoms with Crippen molar-refractivity contribution in [3.8, 4) is 11.8 Å². The van der Waals surface area contributed by atoms with Crippen LogP contribution in [-0.2, 0) is 6.54 Å². The number of hydrogen-bond donors (Lipinski definition) is 2. The maximum atomic E-state index is 14.2. The molecule has 33 heavy (non-hydrogen) atoms. The van der Waals surface area contributed by atoms with E-state index in [4.69, 9.17) is 5.73 Å². The second-order valence-corrected chi connectivity index (χ2v) is 9.13. The molecule has 1 aliphatic heterocycles. The molecule has 5 rings (SSSR count). The van der Waals surface area contributed by atoms with Gasteiger partial charge in [0.25, 0.3) is 5.91 Å². The number of likely N-dealkylation sites (tertiary alicyclic amines) is 1. The summed E-state index contributed by atoms with van der Waals surface area (Å²) in [5.74, 6) is 6.29. The van der Waals surface area contributed by atoms with Crippen LogP contribution in [-0.4, -0.2) is 51.5 Å². The van der Waals surface area contributed by atoms with Gasteiger partial charge in [-0.1, -0.05) is 11.8 Å². The van der Waals surface area contributed by atoms with Crippen molar-refractivity contribution >= 4 is 22.8 Å². The lowest BCUT2D eigenvalue weighted by atomic mass is 9.97. The highest BCUT2D eigenvalue weighted by molar-refractivity contribution is 5.95. The Morgan fingerprint density at radius 1 is 1.18 bits per heavy atom. The number of piperidine rings is 1. The first kappa shape index (κ1) is 21.4. The number of anilines is 1. The average molecular weight is 447 g/mol. The Labute approximate surface area is 192 Å². The zero-order chi connectivity index (χ0) is 22.9. The highest BCUT2D eigenvalue weighted by atomic mass is 19.1. The smallest absolute Gasteiger partial charge is 0.251 e. The van der Waals surface area contributed by atoms with E-state index in [1.807, 2.05) is 6.20 Å². The number of carbonyl (C=O) groups excluding carboxylic acids is 1. The number of fused-ring (bicyclic) bond motifs is 1. The van der Waals surface area contributed by atoms with Crippen molar-refractivity contribution in [2.24, 2.45) is 5.92 Å². The summed E-state index contributed by atoms with van der Waals surface area (Å²) < 4.78 is 16.3. The largest absolute Gasteiger partial charge is 0.383 e. The number of nitrogen functional groups attached to an aromatic ring is 1. The number of nitrogens with two attached hydrogens (primary N) is 1. The lowest BCUT2D eigenvalue weighted by molar-refractivity contribution is 0.0950. The molecule has 1 saturated heterocycles. The number of halogens is 1. The van der Waals surface area contributed by atoms with Crippen LogP contribution in [0.2, 0.25) is 0 Å². The summed E-state index contributed by atoms with van der Waals surface area (Å²) in [7, 11) is 2.15. The maximum Gasteiger partial charge on any atom is 0.251 e. The molecule has 0 radical (unpaired) electrons. The predicted octanol–water partition coefficient (Wildman–Crippen LogP) is 2.79. The molecule has 1 aromatic carbocycles. The van der Waals surface area contributed by atoms with Gasteiger partial charge in [0.05, 0.1) is 10.9 Å². The van der Waals surface area contributed by atoms with E-state index in [1.54, 1.807) is 6.07 Å². The molecule has 7 nitrogen and oxygen atoms in total. The number of nitrogens with one attached hydrogen (secondary N) is 1. The van der Waals surface area contributed by atoms with Crippen molar-refractivity contribution in [1.29, 1.82) is 0 Å². The van der Waals surface area contributed by atoms with Gasteiger partial charge in [0.15, 0.2) is 0 Å². The van der Waals surface area contributed by atoms with Gasteiger partial charge in [0.2, 0.25) is 0 Å². The molecule has 3 aromatic rings. The van der Waals surface area contributed by atoms with Gasteiger partial charge in [0.1, 0.15) is 23.6 Å². The number of nitrogens with zero attached hydrogens (tertiary/aromatic N) is 4. The zero-order valence-corrected chi connectivity index (χ0v) is 18.6. The molecule has 2 aliphatic rings. The van der Waals surface area contributed by atoms with Crippen LogP contribution in [0.15, 0.2) is 30.7 Å². The van der Waals surface area contributed by atoms with Crippen molar-refractivity contribution in [1.82, 2.24) is 24.8 Å². The summed E-state index contributed by atoms with van der Waals surface area (Å²) in [5, 5.41) is 3.59. The van der Waals surface area contributed by atoms with E-state index >= 15 is 0 Å². The molecule has 8 heteroatoms. The predicted molar refractivity (Wildman–Crippen MR) is 125 cm³/mol. The van der Waals surface area contributed by atoms with E-state index in [1.165, 1.54) is 18.5 Å². The highest BCUT2D eigenvalue weighted by Crippen LogP contribution is 2.26. The molecular weight excluding hydrogens is 419 g/mol. The van der Waals surface area contributed by atoms with E-state index in [-0.39, 0.29) is 17.5 Å². The third kappa shape index (κ3) is 4.83. The van der Waals surface area contributed by atoms with Gasteiger partial charge in [-0.05, 0) is 69.9 Å². The fourth-order valence-corrected chi connectivity index (χ4v) is 4.33. The highest BCUT2D eigenvalue weighted by Gasteiger charge is 2.24. The average Bonchev–Trinajstić information content (AvgIpc) is 3.54. The maximum absolute atomic E-state index is 14.2. The number of amides is 1. The molecular formula is C25H27FN6O. The first-order chi connectivity index (χ1) is 16.0. The minimum Gasteiger partial charge on any atom is -0.383 e. The number of hydrogen-bond acceptors (Lipinski definition) is 5. The van der Waals surface area contributed by atoms with Crippen LogP contribution in [0.1, 0.15) is 47.2 Å². The number of benzene rings is 1. The van der Waals surface area contributed by atoms with Gasteiger partial charge in [0, 0.05) is 29.9 Å².